The van der Waals surface area contributed by atoms with Crippen molar-refractivity contribution in [3.05, 3.63) is 47.0 Å². The van der Waals surface area contributed by atoms with E-state index in [9.17, 15) is 5.11 Å². The van der Waals surface area contributed by atoms with Gasteiger partial charge in [0.05, 0.1) is 18.4 Å². The van der Waals surface area contributed by atoms with Crippen molar-refractivity contribution in [2.75, 3.05) is 19.2 Å². The van der Waals surface area contributed by atoms with E-state index < -0.39 is 0 Å². The van der Waals surface area contributed by atoms with Gasteiger partial charge in [0.2, 0.25) is 0 Å². The lowest BCUT2D eigenvalue weighted by molar-refractivity contribution is 0.294. The third kappa shape index (κ3) is 3.26. The van der Waals surface area contributed by atoms with Crippen molar-refractivity contribution < 1.29 is 14.6 Å². The standard InChI is InChI=1S/C17H22N2O3/c1-11-9-17(12(2)8-15(11)20)22-10-13-14(19(3)18)6-5-7-16(13)21-4/h5-9,20H,10,18H2,1-4H3. The van der Waals surface area contributed by atoms with Gasteiger partial charge in [-0.25, -0.2) is 5.84 Å². The molecular formula is C17H22N2O3. The number of hydrogen-bond donors (Lipinski definition) is 2. The van der Waals surface area contributed by atoms with E-state index in [0.717, 1.165) is 33.9 Å². The third-order valence-electron chi connectivity index (χ3n) is 3.57. The van der Waals surface area contributed by atoms with Gasteiger partial charge in [-0.1, -0.05) is 6.07 Å². The smallest absolute Gasteiger partial charge is 0.127 e. The van der Waals surface area contributed by atoms with Crippen LogP contribution in [-0.4, -0.2) is 19.3 Å². The van der Waals surface area contributed by atoms with Crippen LogP contribution in [0.1, 0.15) is 16.7 Å². The van der Waals surface area contributed by atoms with E-state index in [2.05, 4.69) is 0 Å². The average Bonchev–Trinajstić information content (AvgIpc) is 2.49. The van der Waals surface area contributed by atoms with E-state index in [1.54, 1.807) is 20.2 Å². The molecule has 0 radical (unpaired) electrons. The second-order valence-electron chi connectivity index (χ2n) is 5.26. The number of aryl methyl sites for hydroxylation is 2. The number of ether oxygens (including phenoxy) is 2. The minimum atomic E-state index is 0.268. The summed E-state index contributed by atoms with van der Waals surface area (Å²) in [5.74, 6) is 7.59. The number of hydrogen-bond acceptors (Lipinski definition) is 5. The maximum atomic E-state index is 9.71. The number of anilines is 1. The van der Waals surface area contributed by atoms with E-state index in [1.807, 2.05) is 38.1 Å². The van der Waals surface area contributed by atoms with Gasteiger partial charge in [0.25, 0.3) is 0 Å². The van der Waals surface area contributed by atoms with E-state index in [0.29, 0.717) is 6.61 Å². The Balaban J connectivity index is 2.30. The largest absolute Gasteiger partial charge is 0.508 e. The van der Waals surface area contributed by atoms with Crippen LogP contribution in [0.5, 0.6) is 17.2 Å². The first-order valence-corrected chi connectivity index (χ1v) is 7.01. The monoisotopic (exact) mass is 302 g/mol. The van der Waals surface area contributed by atoms with Crippen LogP contribution >= 0.6 is 0 Å². The molecule has 0 aliphatic carbocycles. The zero-order valence-electron chi connectivity index (χ0n) is 13.4. The molecule has 22 heavy (non-hydrogen) atoms. The number of nitrogens with two attached hydrogens (primary N) is 1. The molecule has 5 nitrogen and oxygen atoms in total. The number of rotatable bonds is 5. The number of phenolic OH excluding ortho intramolecular Hbond substituents is 1. The van der Waals surface area contributed by atoms with Crippen molar-refractivity contribution in [1.29, 1.82) is 0 Å². The Labute approximate surface area is 130 Å². The Hall–Kier alpha value is -2.40. The summed E-state index contributed by atoms with van der Waals surface area (Å²) < 4.78 is 11.3. The van der Waals surface area contributed by atoms with Gasteiger partial charge >= 0.3 is 0 Å². The number of methoxy groups -OCH3 is 1. The van der Waals surface area contributed by atoms with E-state index >= 15 is 0 Å². The Kier molecular flexibility index (Phi) is 4.78. The molecule has 0 fully saturated rings. The number of benzene rings is 2. The van der Waals surface area contributed by atoms with Crippen LogP contribution in [0.2, 0.25) is 0 Å². The first-order valence-electron chi connectivity index (χ1n) is 7.01. The van der Waals surface area contributed by atoms with Crippen LogP contribution in [0.15, 0.2) is 30.3 Å². The van der Waals surface area contributed by atoms with Crippen molar-refractivity contribution in [2.24, 2.45) is 5.84 Å². The van der Waals surface area contributed by atoms with E-state index in [1.165, 1.54) is 5.01 Å². The van der Waals surface area contributed by atoms with Gasteiger partial charge in [0.1, 0.15) is 23.9 Å². The van der Waals surface area contributed by atoms with Gasteiger partial charge in [-0.15, -0.1) is 0 Å². The molecule has 0 unspecified atom stereocenters. The summed E-state index contributed by atoms with van der Waals surface area (Å²) in [7, 11) is 3.39. The molecule has 0 heterocycles. The molecule has 0 saturated carbocycles. The minimum Gasteiger partial charge on any atom is -0.508 e. The molecule has 2 rings (SSSR count). The molecule has 2 aromatic carbocycles. The van der Waals surface area contributed by atoms with Crippen molar-refractivity contribution in [3.63, 3.8) is 0 Å². The maximum Gasteiger partial charge on any atom is 0.127 e. The van der Waals surface area contributed by atoms with Gasteiger partial charge in [-0.2, -0.15) is 0 Å². The molecule has 0 aromatic heterocycles. The summed E-state index contributed by atoms with van der Waals surface area (Å²) >= 11 is 0. The molecular weight excluding hydrogens is 280 g/mol. The van der Waals surface area contributed by atoms with Crippen molar-refractivity contribution in [2.45, 2.75) is 20.5 Å². The molecule has 3 N–H and O–H groups in total. The fourth-order valence-electron chi connectivity index (χ4n) is 2.30. The van der Waals surface area contributed by atoms with Crippen LogP contribution in [0, 0.1) is 13.8 Å². The lowest BCUT2D eigenvalue weighted by atomic mass is 10.1. The topological polar surface area (TPSA) is 68.0 Å². The fourth-order valence-corrected chi connectivity index (χ4v) is 2.30. The molecule has 5 heteroatoms. The first kappa shape index (κ1) is 16.0. The molecule has 0 aliphatic rings. The van der Waals surface area contributed by atoms with Crippen molar-refractivity contribution in [1.82, 2.24) is 0 Å². The van der Waals surface area contributed by atoms with Crippen LogP contribution in [0.3, 0.4) is 0 Å². The Morgan fingerprint density at radius 3 is 2.50 bits per heavy atom. The Bertz CT molecular complexity index is 669. The zero-order valence-corrected chi connectivity index (χ0v) is 13.4. The Morgan fingerprint density at radius 1 is 1.14 bits per heavy atom. The summed E-state index contributed by atoms with van der Waals surface area (Å²) in [6.45, 7) is 4.06. The number of phenols is 1. The van der Waals surface area contributed by atoms with Crippen LogP contribution < -0.4 is 20.3 Å². The molecule has 0 bridgehead atoms. The molecule has 0 saturated heterocycles. The zero-order chi connectivity index (χ0) is 16.3. The molecule has 0 amide bonds. The molecule has 118 valence electrons. The summed E-state index contributed by atoms with van der Waals surface area (Å²) in [6.07, 6.45) is 0. The van der Waals surface area contributed by atoms with Gasteiger partial charge in [0.15, 0.2) is 0 Å². The Morgan fingerprint density at radius 2 is 1.86 bits per heavy atom. The summed E-state index contributed by atoms with van der Waals surface area (Å²) in [5.41, 5.74) is 3.37. The van der Waals surface area contributed by atoms with Gasteiger partial charge < -0.3 is 19.6 Å². The number of nitrogens with zero attached hydrogens (tertiary/aromatic N) is 1. The lowest BCUT2D eigenvalue weighted by Crippen LogP contribution is -2.26. The summed E-state index contributed by atoms with van der Waals surface area (Å²) in [5, 5.41) is 11.2. The highest BCUT2D eigenvalue weighted by atomic mass is 16.5. The van der Waals surface area contributed by atoms with Crippen LogP contribution in [0.25, 0.3) is 0 Å². The minimum absolute atomic E-state index is 0.268. The van der Waals surface area contributed by atoms with E-state index in [-0.39, 0.29) is 5.75 Å². The highest BCUT2D eigenvalue weighted by molar-refractivity contribution is 5.58. The molecule has 0 atom stereocenters. The predicted octanol–water partition coefficient (Wildman–Crippen LogP) is 2.91. The van der Waals surface area contributed by atoms with Gasteiger partial charge in [0, 0.05) is 7.05 Å². The summed E-state index contributed by atoms with van der Waals surface area (Å²) in [6, 6.07) is 9.20. The van der Waals surface area contributed by atoms with Crippen LogP contribution in [0.4, 0.5) is 5.69 Å². The highest BCUT2D eigenvalue weighted by Crippen LogP contribution is 2.31. The van der Waals surface area contributed by atoms with E-state index in [4.69, 9.17) is 15.3 Å². The van der Waals surface area contributed by atoms with Gasteiger partial charge in [-0.3, -0.25) is 0 Å². The maximum absolute atomic E-state index is 9.71. The molecule has 2 aromatic rings. The summed E-state index contributed by atoms with van der Waals surface area (Å²) in [4.78, 5) is 0. The normalized spacial score (nSPS) is 10.4. The second kappa shape index (κ2) is 6.58. The molecule has 0 spiro atoms. The average molecular weight is 302 g/mol. The first-order chi connectivity index (χ1) is 10.4. The van der Waals surface area contributed by atoms with Crippen LogP contribution in [-0.2, 0) is 6.61 Å². The van der Waals surface area contributed by atoms with Gasteiger partial charge in [-0.05, 0) is 49.2 Å². The highest BCUT2D eigenvalue weighted by Gasteiger charge is 2.13. The van der Waals surface area contributed by atoms with Crippen molar-refractivity contribution in [3.8, 4) is 17.2 Å². The quantitative estimate of drug-likeness (QED) is 0.656. The second-order valence-corrected chi connectivity index (χ2v) is 5.26. The third-order valence-corrected chi connectivity index (χ3v) is 3.57. The lowest BCUT2D eigenvalue weighted by Gasteiger charge is -2.20. The number of hydrazine groups is 1. The SMILES string of the molecule is COc1cccc(N(C)N)c1COc1cc(C)c(O)cc1C. The number of aromatic hydroxyl groups is 1. The van der Waals surface area contributed by atoms with Crippen molar-refractivity contribution >= 4 is 5.69 Å². The fraction of sp³-hybridized carbons (Fsp3) is 0.294. The molecule has 0 aliphatic heterocycles. The predicted molar refractivity (Wildman–Crippen MR) is 87.5 cm³/mol.